The van der Waals surface area contributed by atoms with Crippen molar-refractivity contribution >= 4 is 126 Å². The molecule has 0 heterocycles. The van der Waals surface area contributed by atoms with Gasteiger partial charge in [0.05, 0.1) is 21.2 Å². The molecule has 0 aliphatic rings. The molecule has 0 spiro atoms. The summed E-state index contributed by atoms with van der Waals surface area (Å²) in [4.78, 5) is 64.2. The number of carbonyl (C=O) groups excluding carboxylic acids is 5. The molecule has 406 valence electrons. The van der Waals surface area contributed by atoms with Crippen LogP contribution in [0, 0.1) is 20.8 Å². The second-order valence-electron chi connectivity index (χ2n) is 17.6. The Balaban J connectivity index is 0.919. The molecule has 0 bridgehead atoms. The minimum Gasteiger partial charge on any atom is -0.322 e. The van der Waals surface area contributed by atoms with Gasteiger partial charge in [0.15, 0.2) is 0 Å². The Labute approximate surface area is 450 Å². The SMILES string of the molecule is Cc1ccc(C(=O)Nc2cccc3cc(S(=O)(=O)O)cc(S(=O)(=O)O)c23)cc1NC(=O)c1cccc(NC(=O)Nc2cccc(C(=O)Nc3cc(C(=O)Nc4ccc(C)c5cc(S(=O)(=O)O)cc(S(=O)(=O)O)c45)ccc3C)c2)c1. The summed E-state index contributed by atoms with van der Waals surface area (Å²) in [5.41, 5.74) is 1.98. The van der Waals surface area contributed by atoms with Crippen LogP contribution in [-0.2, 0) is 40.5 Å². The smallest absolute Gasteiger partial charge is 0.322 e. The van der Waals surface area contributed by atoms with E-state index in [1.807, 2.05) is 0 Å². The molecule has 23 nitrogen and oxygen atoms in total. The van der Waals surface area contributed by atoms with E-state index in [0.717, 1.165) is 12.1 Å². The summed E-state index contributed by atoms with van der Waals surface area (Å²) in [5.74, 6) is -2.89. The predicted octanol–water partition coefficient (Wildman–Crippen LogP) is 8.56. The van der Waals surface area contributed by atoms with E-state index in [0.29, 0.717) is 28.8 Å². The van der Waals surface area contributed by atoms with Gasteiger partial charge in [-0.05, 0) is 145 Å². The maximum Gasteiger partial charge on any atom is 0.323 e. The fourth-order valence-electron chi connectivity index (χ4n) is 8.18. The molecule has 79 heavy (non-hydrogen) atoms. The van der Waals surface area contributed by atoms with Crippen LogP contribution in [0.5, 0.6) is 0 Å². The van der Waals surface area contributed by atoms with E-state index in [1.165, 1.54) is 122 Å². The standard InChI is InChI=1S/C52H42N6O17S4/c1-27-15-18-41(47-39(27)24-38(77(67,68)69)26-45(47)79(73,74)75)56-51(62)34-17-14-29(3)43(23-34)58-49(60)32-9-5-11-36(20-32)54-52(63)53-35-10-4-8-31(19-35)48(59)57-42-22-33(16-13-28(42)2)50(61)55-40-12-6-7-30-21-37(76(64,65)66)25-44(46(30)40)78(70,71)72/h4-26H,1-3H3,(H,55,61)(H,56,62)(H,57,59)(H,58,60)(H2,53,54,63)(H,64,65,66)(H,67,68,69)(H,70,71,72)(H,73,74,75). The highest BCUT2D eigenvalue weighted by Gasteiger charge is 2.26. The number of fused-ring (bicyclic) bond motifs is 2. The van der Waals surface area contributed by atoms with Gasteiger partial charge in [0.25, 0.3) is 64.1 Å². The van der Waals surface area contributed by atoms with E-state index < -0.39 is 89.7 Å². The second-order valence-corrected chi connectivity index (χ2v) is 23.2. The monoisotopic (exact) mass is 1150 g/mol. The molecule has 0 aliphatic carbocycles. The quantitative estimate of drug-likeness (QED) is 0.0456. The Morgan fingerprint density at radius 2 is 0.747 bits per heavy atom. The lowest BCUT2D eigenvalue weighted by Gasteiger charge is -2.15. The number of rotatable bonds is 14. The van der Waals surface area contributed by atoms with Crippen molar-refractivity contribution in [2.45, 2.75) is 40.4 Å². The fraction of sp³-hybridized carbons (Fsp3) is 0.0577. The third-order valence-corrected chi connectivity index (χ3v) is 15.5. The van der Waals surface area contributed by atoms with Crippen molar-refractivity contribution in [3.63, 3.8) is 0 Å². The molecule has 8 aromatic carbocycles. The highest BCUT2D eigenvalue weighted by molar-refractivity contribution is 7.87. The average molecular weight is 1150 g/mol. The normalized spacial score (nSPS) is 11.9. The van der Waals surface area contributed by atoms with Gasteiger partial charge in [-0.2, -0.15) is 33.7 Å². The summed E-state index contributed by atoms with van der Waals surface area (Å²) in [6, 6.07) is 29.3. The molecular weight excluding hydrogens is 1110 g/mol. The van der Waals surface area contributed by atoms with Crippen LogP contribution < -0.4 is 31.9 Å². The summed E-state index contributed by atoms with van der Waals surface area (Å²) in [7, 11) is -20.0. The molecular formula is C52H42N6O17S4. The van der Waals surface area contributed by atoms with Crippen LogP contribution in [0.4, 0.5) is 38.9 Å². The van der Waals surface area contributed by atoms with Crippen LogP contribution in [-0.4, -0.2) is 81.5 Å². The molecule has 0 radical (unpaired) electrons. The van der Waals surface area contributed by atoms with E-state index in [-0.39, 0.29) is 77.9 Å². The lowest BCUT2D eigenvalue weighted by molar-refractivity contribution is 0.101. The molecule has 8 aromatic rings. The number of anilines is 6. The lowest BCUT2D eigenvalue weighted by atomic mass is 10.0. The van der Waals surface area contributed by atoms with Crippen LogP contribution in [0.3, 0.4) is 0 Å². The zero-order valence-electron chi connectivity index (χ0n) is 41.0. The van der Waals surface area contributed by atoms with Crippen molar-refractivity contribution < 1.29 is 75.9 Å². The summed E-state index contributed by atoms with van der Waals surface area (Å²) >= 11 is 0. The Hall–Kier alpha value is -8.93. The predicted molar refractivity (Wildman–Crippen MR) is 292 cm³/mol. The molecule has 0 saturated carbocycles. The molecule has 0 aliphatic heterocycles. The molecule has 27 heteroatoms. The first-order valence-corrected chi connectivity index (χ1v) is 28.5. The van der Waals surface area contributed by atoms with Gasteiger partial charge in [0.2, 0.25) is 0 Å². The number of hydrogen-bond acceptors (Lipinski definition) is 13. The number of urea groups is 1. The Morgan fingerprint density at radius 1 is 0.354 bits per heavy atom. The van der Waals surface area contributed by atoms with E-state index in [2.05, 4.69) is 31.9 Å². The van der Waals surface area contributed by atoms with Gasteiger partial charge >= 0.3 is 6.03 Å². The van der Waals surface area contributed by atoms with Crippen LogP contribution >= 0.6 is 0 Å². The van der Waals surface area contributed by atoms with Crippen LogP contribution in [0.1, 0.15) is 58.1 Å². The molecule has 0 atom stereocenters. The zero-order chi connectivity index (χ0) is 57.5. The molecule has 0 fully saturated rings. The Kier molecular flexibility index (Phi) is 15.3. The van der Waals surface area contributed by atoms with Crippen molar-refractivity contribution in [3.05, 3.63) is 178 Å². The maximum absolute atomic E-state index is 13.6. The van der Waals surface area contributed by atoms with Crippen molar-refractivity contribution in [3.8, 4) is 0 Å². The largest absolute Gasteiger partial charge is 0.323 e. The highest BCUT2D eigenvalue weighted by atomic mass is 32.2. The van der Waals surface area contributed by atoms with E-state index in [9.17, 15) is 75.9 Å². The molecule has 10 N–H and O–H groups in total. The van der Waals surface area contributed by atoms with Gasteiger partial charge in [0, 0.05) is 55.8 Å². The number of nitrogens with one attached hydrogen (secondary N) is 6. The Morgan fingerprint density at radius 3 is 1.20 bits per heavy atom. The number of carbonyl (C=O) groups is 5. The van der Waals surface area contributed by atoms with Gasteiger partial charge < -0.3 is 31.9 Å². The van der Waals surface area contributed by atoms with Gasteiger partial charge in [-0.1, -0.05) is 42.5 Å². The fourth-order valence-corrected chi connectivity index (χ4v) is 10.9. The van der Waals surface area contributed by atoms with Crippen LogP contribution in [0.2, 0.25) is 0 Å². The zero-order valence-corrected chi connectivity index (χ0v) is 44.3. The summed E-state index contributed by atoms with van der Waals surface area (Å²) in [5, 5.41) is 15.2. The first-order chi connectivity index (χ1) is 36.9. The Bertz CT molecular complexity index is 4420. The van der Waals surface area contributed by atoms with E-state index in [4.69, 9.17) is 0 Å². The van der Waals surface area contributed by atoms with Gasteiger partial charge in [0.1, 0.15) is 9.79 Å². The van der Waals surface area contributed by atoms with Crippen molar-refractivity contribution in [1.82, 2.24) is 0 Å². The number of hydrogen-bond donors (Lipinski definition) is 10. The van der Waals surface area contributed by atoms with Crippen LogP contribution in [0.15, 0.2) is 159 Å². The number of aryl methyl sites for hydroxylation is 3. The summed E-state index contributed by atoms with van der Waals surface area (Å²) < 4.78 is 136. The first kappa shape index (κ1) is 56.3. The van der Waals surface area contributed by atoms with Gasteiger partial charge in [-0.3, -0.25) is 37.4 Å². The van der Waals surface area contributed by atoms with Crippen molar-refractivity contribution in [2.24, 2.45) is 0 Å². The molecule has 0 aromatic heterocycles. The third kappa shape index (κ3) is 12.8. The van der Waals surface area contributed by atoms with Gasteiger partial charge in [-0.15, -0.1) is 0 Å². The molecule has 0 unspecified atom stereocenters. The van der Waals surface area contributed by atoms with E-state index in [1.54, 1.807) is 13.8 Å². The summed E-state index contributed by atoms with van der Waals surface area (Å²) in [6.45, 7) is 4.82. The van der Waals surface area contributed by atoms with E-state index >= 15 is 0 Å². The third-order valence-electron chi connectivity index (χ3n) is 12.1. The van der Waals surface area contributed by atoms with Gasteiger partial charge in [-0.25, -0.2) is 4.79 Å². The number of benzene rings is 8. The molecule has 6 amide bonds. The molecule has 0 saturated heterocycles. The minimum atomic E-state index is -5.11. The van der Waals surface area contributed by atoms with Crippen LogP contribution in [0.25, 0.3) is 21.5 Å². The number of amides is 6. The lowest BCUT2D eigenvalue weighted by Crippen LogP contribution is -2.21. The first-order valence-electron chi connectivity index (χ1n) is 22.7. The average Bonchev–Trinajstić information content (AvgIpc) is 3.58. The van der Waals surface area contributed by atoms with Crippen molar-refractivity contribution in [1.29, 1.82) is 0 Å². The second kappa shape index (κ2) is 21.5. The minimum absolute atomic E-state index is 0.0110. The van der Waals surface area contributed by atoms with Crippen molar-refractivity contribution in [2.75, 3.05) is 31.9 Å². The summed E-state index contributed by atoms with van der Waals surface area (Å²) in [6.07, 6.45) is 0. The molecule has 8 rings (SSSR count). The topological polar surface area (TPSA) is 375 Å². The maximum atomic E-state index is 13.6. The highest BCUT2D eigenvalue weighted by Crippen LogP contribution is 2.37.